The van der Waals surface area contributed by atoms with Gasteiger partial charge in [-0.2, -0.15) is 0 Å². The van der Waals surface area contributed by atoms with Gasteiger partial charge in [0, 0.05) is 12.6 Å². The van der Waals surface area contributed by atoms with Crippen LogP contribution in [-0.2, 0) is 0 Å². The minimum Gasteiger partial charge on any atom is -0.313 e. The number of hydrogen-bond donors (Lipinski definition) is 1. The summed E-state index contributed by atoms with van der Waals surface area (Å²) in [4.78, 5) is 0. The van der Waals surface area contributed by atoms with Crippen molar-refractivity contribution in [2.75, 3.05) is 6.54 Å². The first kappa shape index (κ1) is 10.7. The summed E-state index contributed by atoms with van der Waals surface area (Å²) in [6.45, 7) is 5.56. The van der Waals surface area contributed by atoms with Crippen molar-refractivity contribution in [3.63, 3.8) is 0 Å². The second kappa shape index (κ2) is 4.80. The van der Waals surface area contributed by atoms with E-state index in [1.54, 1.807) is 0 Å². The van der Waals surface area contributed by atoms with Crippen LogP contribution in [0.5, 0.6) is 0 Å². The lowest BCUT2D eigenvalue weighted by atomic mass is 9.92. The molecule has 0 aliphatic heterocycles. The monoisotopic (exact) mass is 203 g/mol. The molecular weight excluding hydrogens is 182 g/mol. The fourth-order valence-electron chi connectivity index (χ4n) is 1.97. The van der Waals surface area contributed by atoms with E-state index in [4.69, 9.17) is 0 Å². The van der Waals surface area contributed by atoms with Crippen molar-refractivity contribution < 1.29 is 0 Å². The molecule has 0 heterocycles. The summed E-state index contributed by atoms with van der Waals surface area (Å²) in [6, 6.07) is 9.72. The molecule has 0 saturated heterocycles. The Labute approximate surface area is 92.9 Å². The zero-order valence-electron chi connectivity index (χ0n) is 9.79. The Kier molecular flexibility index (Phi) is 3.42. The van der Waals surface area contributed by atoms with E-state index in [0.717, 1.165) is 12.6 Å². The van der Waals surface area contributed by atoms with Gasteiger partial charge in [0.1, 0.15) is 0 Å². The summed E-state index contributed by atoms with van der Waals surface area (Å²) in [5.74, 6) is 0.631. The molecule has 2 rings (SSSR count). The fraction of sp³-hybridized carbons (Fsp3) is 0.571. The van der Waals surface area contributed by atoms with Crippen LogP contribution in [0.25, 0.3) is 0 Å². The summed E-state index contributed by atoms with van der Waals surface area (Å²) < 4.78 is 0. The zero-order chi connectivity index (χ0) is 10.7. The maximum absolute atomic E-state index is 3.63. The van der Waals surface area contributed by atoms with Crippen molar-refractivity contribution in [3.05, 3.63) is 35.4 Å². The van der Waals surface area contributed by atoms with E-state index >= 15 is 0 Å². The first-order valence-corrected chi connectivity index (χ1v) is 6.05. The molecule has 1 aromatic rings. The van der Waals surface area contributed by atoms with Crippen molar-refractivity contribution in [3.8, 4) is 0 Å². The maximum atomic E-state index is 3.63. The molecule has 0 spiro atoms. The Hall–Kier alpha value is -0.820. The Morgan fingerprint density at radius 3 is 2.47 bits per heavy atom. The molecule has 1 N–H and O–H groups in total. The summed E-state index contributed by atoms with van der Waals surface area (Å²) in [5, 5.41) is 3.63. The van der Waals surface area contributed by atoms with E-state index in [1.807, 2.05) is 0 Å². The van der Waals surface area contributed by atoms with Crippen LogP contribution in [0.3, 0.4) is 0 Å². The van der Waals surface area contributed by atoms with E-state index < -0.39 is 0 Å². The molecule has 1 aromatic carbocycles. The van der Waals surface area contributed by atoms with Crippen LogP contribution in [0.4, 0.5) is 0 Å². The Bertz CT molecular complexity index is 298. The van der Waals surface area contributed by atoms with Crippen LogP contribution in [0.2, 0.25) is 0 Å². The summed E-state index contributed by atoms with van der Waals surface area (Å²) in [7, 11) is 0. The number of rotatable bonds is 4. The van der Waals surface area contributed by atoms with Gasteiger partial charge in [0.25, 0.3) is 0 Å². The van der Waals surface area contributed by atoms with Gasteiger partial charge in [-0.15, -0.1) is 0 Å². The number of hydrogen-bond acceptors (Lipinski definition) is 1. The topological polar surface area (TPSA) is 12.0 Å². The highest BCUT2D eigenvalue weighted by molar-refractivity contribution is 5.24. The van der Waals surface area contributed by atoms with Crippen LogP contribution in [-0.4, -0.2) is 12.6 Å². The van der Waals surface area contributed by atoms with Gasteiger partial charge in [-0.05, 0) is 31.2 Å². The SMILES string of the molecule is Cc1ccc(C(C)CNC2CCC2)cc1. The van der Waals surface area contributed by atoms with E-state index in [0.29, 0.717) is 5.92 Å². The molecule has 0 aromatic heterocycles. The molecule has 1 atom stereocenters. The van der Waals surface area contributed by atoms with Gasteiger partial charge in [-0.25, -0.2) is 0 Å². The molecule has 1 heteroatoms. The predicted octanol–water partition coefficient (Wildman–Crippen LogP) is 3.24. The third kappa shape index (κ3) is 2.82. The van der Waals surface area contributed by atoms with Crippen LogP contribution in [0.15, 0.2) is 24.3 Å². The van der Waals surface area contributed by atoms with Crippen LogP contribution < -0.4 is 5.32 Å². The first-order chi connectivity index (χ1) is 7.25. The zero-order valence-corrected chi connectivity index (χ0v) is 9.79. The average Bonchev–Trinajstić information content (AvgIpc) is 2.16. The van der Waals surface area contributed by atoms with Crippen molar-refractivity contribution in [1.29, 1.82) is 0 Å². The summed E-state index contributed by atoms with van der Waals surface area (Å²) in [5.41, 5.74) is 2.80. The third-order valence-electron chi connectivity index (χ3n) is 3.46. The Balaban J connectivity index is 1.83. The lowest BCUT2D eigenvalue weighted by Gasteiger charge is -2.28. The normalized spacial score (nSPS) is 18.5. The molecule has 1 aliphatic carbocycles. The smallest absolute Gasteiger partial charge is 0.00673 e. The van der Waals surface area contributed by atoms with E-state index in [2.05, 4.69) is 43.4 Å². The second-order valence-electron chi connectivity index (χ2n) is 4.85. The molecule has 82 valence electrons. The molecule has 0 amide bonds. The van der Waals surface area contributed by atoms with Crippen molar-refractivity contribution in [1.82, 2.24) is 5.32 Å². The van der Waals surface area contributed by atoms with Gasteiger partial charge < -0.3 is 5.32 Å². The van der Waals surface area contributed by atoms with Gasteiger partial charge in [0.2, 0.25) is 0 Å². The van der Waals surface area contributed by atoms with Gasteiger partial charge in [-0.3, -0.25) is 0 Å². The van der Waals surface area contributed by atoms with Crippen LogP contribution >= 0.6 is 0 Å². The lowest BCUT2D eigenvalue weighted by molar-refractivity contribution is 0.334. The highest BCUT2D eigenvalue weighted by Gasteiger charge is 2.17. The largest absolute Gasteiger partial charge is 0.313 e. The minimum absolute atomic E-state index is 0.631. The molecule has 0 radical (unpaired) electrons. The quantitative estimate of drug-likeness (QED) is 0.792. The van der Waals surface area contributed by atoms with E-state index in [1.165, 1.54) is 30.4 Å². The van der Waals surface area contributed by atoms with Crippen molar-refractivity contribution in [2.45, 2.75) is 45.1 Å². The summed E-state index contributed by atoms with van der Waals surface area (Å²) in [6.07, 6.45) is 4.16. The molecule has 1 saturated carbocycles. The molecule has 1 fully saturated rings. The second-order valence-corrected chi connectivity index (χ2v) is 4.85. The summed E-state index contributed by atoms with van der Waals surface area (Å²) >= 11 is 0. The van der Waals surface area contributed by atoms with Crippen molar-refractivity contribution in [2.24, 2.45) is 0 Å². The van der Waals surface area contributed by atoms with E-state index in [9.17, 15) is 0 Å². The predicted molar refractivity (Wildman–Crippen MR) is 65.2 cm³/mol. The lowest BCUT2D eigenvalue weighted by Crippen LogP contribution is -2.37. The van der Waals surface area contributed by atoms with E-state index in [-0.39, 0.29) is 0 Å². The van der Waals surface area contributed by atoms with Crippen LogP contribution in [0.1, 0.15) is 43.2 Å². The molecule has 1 aliphatic rings. The average molecular weight is 203 g/mol. The molecule has 15 heavy (non-hydrogen) atoms. The molecule has 1 unspecified atom stereocenters. The number of benzene rings is 1. The van der Waals surface area contributed by atoms with Crippen LogP contribution in [0, 0.1) is 6.92 Å². The maximum Gasteiger partial charge on any atom is 0.00673 e. The number of nitrogens with one attached hydrogen (secondary N) is 1. The van der Waals surface area contributed by atoms with Gasteiger partial charge in [0.15, 0.2) is 0 Å². The minimum atomic E-state index is 0.631. The highest BCUT2D eigenvalue weighted by Crippen LogP contribution is 2.20. The molecule has 1 nitrogen and oxygen atoms in total. The van der Waals surface area contributed by atoms with Gasteiger partial charge in [-0.1, -0.05) is 43.2 Å². The first-order valence-electron chi connectivity index (χ1n) is 6.05. The Morgan fingerprint density at radius 1 is 1.27 bits per heavy atom. The van der Waals surface area contributed by atoms with Crippen molar-refractivity contribution >= 4 is 0 Å². The standard InChI is InChI=1S/C14H21N/c1-11-6-8-13(9-7-11)12(2)10-15-14-4-3-5-14/h6-9,12,14-15H,3-5,10H2,1-2H3. The van der Waals surface area contributed by atoms with Gasteiger partial charge in [0.05, 0.1) is 0 Å². The third-order valence-corrected chi connectivity index (χ3v) is 3.46. The fourth-order valence-corrected chi connectivity index (χ4v) is 1.97. The molecule has 0 bridgehead atoms. The van der Waals surface area contributed by atoms with Gasteiger partial charge >= 0.3 is 0 Å². The Morgan fingerprint density at radius 2 is 1.93 bits per heavy atom. The molecular formula is C14H21N. The highest BCUT2D eigenvalue weighted by atomic mass is 14.9. The number of aryl methyl sites for hydroxylation is 1.